The van der Waals surface area contributed by atoms with Crippen LogP contribution in [0.3, 0.4) is 0 Å². The number of para-hydroxylation sites is 1. The molecule has 0 spiro atoms. The van der Waals surface area contributed by atoms with Gasteiger partial charge < -0.3 is 19.5 Å². The van der Waals surface area contributed by atoms with Crippen LogP contribution in [0, 0.1) is 21.4 Å². The Bertz CT molecular complexity index is 1300. The largest absolute Gasteiger partial charge is 0.494 e. The van der Waals surface area contributed by atoms with E-state index in [0.717, 1.165) is 18.6 Å². The fourth-order valence-electron chi connectivity index (χ4n) is 3.58. The van der Waals surface area contributed by atoms with Crippen LogP contribution < -0.4 is 19.5 Å². The zero-order valence-electron chi connectivity index (χ0n) is 21.8. The number of non-ortho nitro benzene ring substituents is 1. The van der Waals surface area contributed by atoms with Crippen LogP contribution in [0.1, 0.15) is 38.2 Å². The number of nitro benzene ring substituents is 1. The zero-order valence-corrected chi connectivity index (χ0v) is 21.8. The highest BCUT2D eigenvalue weighted by Gasteiger charge is 2.15. The van der Waals surface area contributed by atoms with Crippen molar-refractivity contribution < 1.29 is 23.9 Å². The molecule has 3 aromatic rings. The summed E-state index contributed by atoms with van der Waals surface area (Å²) in [5.41, 5.74) is 0.318. The summed E-state index contributed by atoms with van der Waals surface area (Å²) >= 11 is 0. The van der Waals surface area contributed by atoms with Gasteiger partial charge in [0.2, 0.25) is 0 Å². The summed E-state index contributed by atoms with van der Waals surface area (Å²) in [6.45, 7) is 3.19. The van der Waals surface area contributed by atoms with Crippen LogP contribution in [0.4, 0.5) is 11.4 Å². The number of ether oxygens (including phenoxy) is 3. The normalized spacial score (nSPS) is 10.8. The quantitative estimate of drug-likeness (QED) is 0.0777. The van der Waals surface area contributed by atoms with Crippen LogP contribution in [0.15, 0.2) is 78.4 Å². The third kappa shape index (κ3) is 9.52. The summed E-state index contributed by atoms with van der Waals surface area (Å²) in [6.07, 6.45) is 5.84. The lowest BCUT2D eigenvalue weighted by molar-refractivity contribution is -0.384. The lowest BCUT2D eigenvalue weighted by Crippen LogP contribution is -2.13. The summed E-state index contributed by atoms with van der Waals surface area (Å²) in [5, 5.41) is 23.5. The van der Waals surface area contributed by atoms with Crippen LogP contribution in [-0.4, -0.2) is 30.7 Å². The van der Waals surface area contributed by atoms with E-state index >= 15 is 0 Å². The van der Waals surface area contributed by atoms with Gasteiger partial charge in [-0.3, -0.25) is 14.9 Å². The molecule has 0 aliphatic carbocycles. The van der Waals surface area contributed by atoms with Crippen molar-refractivity contribution in [2.75, 3.05) is 25.1 Å². The van der Waals surface area contributed by atoms with E-state index in [9.17, 15) is 20.2 Å². The van der Waals surface area contributed by atoms with E-state index in [1.807, 2.05) is 30.3 Å². The lowest BCUT2D eigenvalue weighted by Gasteiger charge is -2.12. The molecule has 0 saturated heterocycles. The SMILES string of the molecule is CCCCCCOc1ccc(OCCOc2ccc([N+](=O)[O-])cc2/C=C(\C#N)C(=O)Nc2ccccc2)cc1. The van der Waals surface area contributed by atoms with E-state index < -0.39 is 10.8 Å². The summed E-state index contributed by atoms with van der Waals surface area (Å²) < 4.78 is 17.3. The standard InChI is InChI=1S/C30H31N3O6/c1-2-3-4-8-17-37-27-12-14-28(15-13-27)38-18-19-39-29-16-11-26(33(35)36)21-23(29)20-24(22-31)30(34)32-25-9-6-5-7-10-25/h5-7,9-16,20-21H,2-4,8,17-19H2,1H3,(H,32,34)/b24-20+. The Morgan fingerprint density at radius 1 is 0.923 bits per heavy atom. The van der Waals surface area contributed by atoms with E-state index in [0.29, 0.717) is 18.0 Å². The Labute approximate surface area is 227 Å². The molecule has 1 amide bonds. The Morgan fingerprint density at radius 2 is 1.59 bits per heavy atom. The van der Waals surface area contributed by atoms with Crippen molar-refractivity contribution >= 4 is 23.4 Å². The van der Waals surface area contributed by atoms with Crippen molar-refractivity contribution in [2.45, 2.75) is 32.6 Å². The molecule has 39 heavy (non-hydrogen) atoms. The van der Waals surface area contributed by atoms with Gasteiger partial charge in [-0.05, 0) is 55.0 Å². The second-order valence-corrected chi connectivity index (χ2v) is 8.55. The molecule has 0 aromatic heterocycles. The second kappa shape index (κ2) is 15.4. The predicted octanol–water partition coefficient (Wildman–Crippen LogP) is 6.56. The average molecular weight is 530 g/mol. The maximum Gasteiger partial charge on any atom is 0.270 e. The molecule has 0 atom stereocenters. The van der Waals surface area contributed by atoms with E-state index in [4.69, 9.17) is 14.2 Å². The molecule has 9 heteroatoms. The highest BCUT2D eigenvalue weighted by Crippen LogP contribution is 2.27. The number of carbonyl (C=O) groups excluding carboxylic acids is 1. The number of hydrogen-bond acceptors (Lipinski definition) is 7. The fraction of sp³-hybridized carbons (Fsp3) is 0.267. The first-order valence-corrected chi connectivity index (χ1v) is 12.7. The van der Waals surface area contributed by atoms with Crippen LogP contribution in [0.5, 0.6) is 17.2 Å². The Hall–Kier alpha value is -4.84. The second-order valence-electron chi connectivity index (χ2n) is 8.55. The molecule has 3 rings (SSSR count). The number of nitriles is 1. The van der Waals surface area contributed by atoms with Gasteiger partial charge in [0, 0.05) is 23.4 Å². The smallest absolute Gasteiger partial charge is 0.270 e. The molecule has 0 radical (unpaired) electrons. The Balaban J connectivity index is 1.60. The zero-order chi connectivity index (χ0) is 27.9. The Kier molecular flexibility index (Phi) is 11.4. The van der Waals surface area contributed by atoms with Gasteiger partial charge in [-0.1, -0.05) is 44.4 Å². The average Bonchev–Trinajstić information content (AvgIpc) is 2.95. The van der Waals surface area contributed by atoms with E-state index in [1.165, 1.54) is 37.1 Å². The number of carbonyl (C=O) groups is 1. The van der Waals surface area contributed by atoms with Crippen LogP contribution in [-0.2, 0) is 4.79 Å². The highest BCUT2D eigenvalue weighted by molar-refractivity contribution is 6.09. The monoisotopic (exact) mass is 529 g/mol. The van der Waals surface area contributed by atoms with Crippen LogP contribution in [0.25, 0.3) is 6.08 Å². The highest BCUT2D eigenvalue weighted by atomic mass is 16.6. The summed E-state index contributed by atoms with van der Waals surface area (Å²) in [4.78, 5) is 23.4. The molecule has 3 aromatic carbocycles. The first-order chi connectivity index (χ1) is 19.0. The molecule has 202 valence electrons. The van der Waals surface area contributed by atoms with E-state index in [1.54, 1.807) is 30.3 Å². The first-order valence-electron chi connectivity index (χ1n) is 12.7. The van der Waals surface area contributed by atoms with Crippen molar-refractivity contribution in [3.05, 3.63) is 94.0 Å². The molecule has 0 aliphatic rings. The molecular formula is C30H31N3O6. The van der Waals surface area contributed by atoms with Crippen molar-refractivity contribution in [2.24, 2.45) is 0 Å². The molecule has 0 saturated carbocycles. The maximum atomic E-state index is 12.6. The van der Waals surface area contributed by atoms with Gasteiger partial charge in [-0.15, -0.1) is 0 Å². The van der Waals surface area contributed by atoms with Crippen LogP contribution in [0.2, 0.25) is 0 Å². The molecule has 0 bridgehead atoms. The topological polar surface area (TPSA) is 124 Å². The molecule has 0 aliphatic heterocycles. The minimum atomic E-state index is -0.641. The number of rotatable bonds is 15. The molecular weight excluding hydrogens is 498 g/mol. The van der Waals surface area contributed by atoms with Crippen molar-refractivity contribution in [3.8, 4) is 23.3 Å². The fourth-order valence-corrected chi connectivity index (χ4v) is 3.58. The first kappa shape index (κ1) is 28.7. The van der Waals surface area contributed by atoms with E-state index in [-0.39, 0.29) is 35.8 Å². The number of nitro groups is 1. The van der Waals surface area contributed by atoms with Crippen molar-refractivity contribution in [1.82, 2.24) is 0 Å². The number of nitrogens with one attached hydrogen (secondary N) is 1. The number of benzene rings is 3. The minimum Gasteiger partial charge on any atom is -0.494 e. The number of anilines is 1. The van der Waals surface area contributed by atoms with Gasteiger partial charge in [0.1, 0.15) is 42.1 Å². The van der Waals surface area contributed by atoms with Gasteiger partial charge in [0.05, 0.1) is 11.5 Å². The van der Waals surface area contributed by atoms with Gasteiger partial charge in [0.15, 0.2) is 0 Å². The number of nitrogens with zero attached hydrogens (tertiary/aromatic N) is 2. The van der Waals surface area contributed by atoms with Gasteiger partial charge in [-0.25, -0.2) is 0 Å². The summed E-state index contributed by atoms with van der Waals surface area (Å²) in [7, 11) is 0. The molecule has 9 nitrogen and oxygen atoms in total. The Morgan fingerprint density at radius 3 is 2.23 bits per heavy atom. The molecule has 0 heterocycles. The third-order valence-electron chi connectivity index (χ3n) is 5.60. The van der Waals surface area contributed by atoms with Crippen molar-refractivity contribution in [1.29, 1.82) is 5.26 Å². The van der Waals surface area contributed by atoms with Gasteiger partial charge in [0.25, 0.3) is 11.6 Å². The number of unbranched alkanes of at least 4 members (excludes halogenated alkanes) is 3. The van der Waals surface area contributed by atoms with E-state index in [2.05, 4.69) is 12.2 Å². The summed E-state index contributed by atoms with van der Waals surface area (Å²) in [5.74, 6) is 1.06. The van der Waals surface area contributed by atoms with Gasteiger partial charge >= 0.3 is 0 Å². The molecule has 0 unspecified atom stereocenters. The van der Waals surface area contributed by atoms with Crippen molar-refractivity contribution in [3.63, 3.8) is 0 Å². The third-order valence-corrected chi connectivity index (χ3v) is 5.60. The number of amides is 1. The predicted molar refractivity (Wildman–Crippen MR) is 149 cm³/mol. The molecule has 0 fully saturated rings. The lowest BCUT2D eigenvalue weighted by atomic mass is 10.1. The summed E-state index contributed by atoms with van der Waals surface area (Å²) in [6, 6.07) is 21.8. The minimum absolute atomic E-state index is 0.131. The van der Waals surface area contributed by atoms with Crippen LogP contribution >= 0.6 is 0 Å². The molecule has 1 N–H and O–H groups in total. The number of hydrogen-bond donors (Lipinski definition) is 1. The van der Waals surface area contributed by atoms with Gasteiger partial charge in [-0.2, -0.15) is 5.26 Å². The maximum absolute atomic E-state index is 12.6.